The lowest BCUT2D eigenvalue weighted by Gasteiger charge is -2.25. The van der Waals surface area contributed by atoms with Crippen LogP contribution in [0.2, 0.25) is 0 Å². The molecule has 2 aromatic carbocycles. The zero-order chi connectivity index (χ0) is 15.7. The maximum Gasteiger partial charge on any atom is 0.228 e. The second kappa shape index (κ2) is 5.60. The quantitative estimate of drug-likeness (QED) is 0.694. The van der Waals surface area contributed by atoms with Gasteiger partial charge in [-0.1, -0.05) is 18.2 Å². The number of anilines is 2. The average molecular weight is 290 g/mol. The Morgan fingerprint density at radius 1 is 1.05 bits per heavy atom. The Labute approximate surface area is 130 Å². The average Bonchev–Trinajstić information content (AvgIpc) is 2.53. The van der Waals surface area contributed by atoms with E-state index in [1.165, 1.54) is 0 Å². The molecule has 0 aliphatic carbocycles. The maximum absolute atomic E-state index is 12.3. The van der Waals surface area contributed by atoms with E-state index in [0.29, 0.717) is 0 Å². The number of hydrogen-bond donors (Lipinski definition) is 0. The summed E-state index contributed by atoms with van der Waals surface area (Å²) in [6.07, 6.45) is 3.67. The van der Waals surface area contributed by atoms with Gasteiger partial charge in [-0.2, -0.15) is 0 Å². The van der Waals surface area contributed by atoms with E-state index in [1.807, 2.05) is 42.6 Å². The minimum atomic E-state index is 0.00195. The highest BCUT2D eigenvalue weighted by atomic mass is 16.2. The monoisotopic (exact) mass is 290 g/mol. The summed E-state index contributed by atoms with van der Waals surface area (Å²) in [6, 6.07) is 13.8. The van der Waals surface area contributed by atoms with Crippen LogP contribution in [0.5, 0.6) is 0 Å². The molecule has 0 bridgehead atoms. The minimum Gasteiger partial charge on any atom is -0.281 e. The molecule has 1 aromatic heterocycles. The molecule has 0 unspecified atom stereocenters. The van der Waals surface area contributed by atoms with Gasteiger partial charge in [-0.15, -0.1) is 0 Å². The molecule has 1 heterocycles. The number of benzene rings is 2. The number of aromatic nitrogens is 1. The number of para-hydroxylation sites is 1. The fourth-order valence-electron chi connectivity index (χ4n) is 2.86. The standard InChI is InChI=1S/C19H18N2O/c1-13-11-19(14(2)17-9-10-20-12-18(13)17)21(15(3)22)16-7-5-4-6-8-16/h4-12H,1-3H3. The van der Waals surface area contributed by atoms with Crippen LogP contribution in [0.1, 0.15) is 18.1 Å². The van der Waals surface area contributed by atoms with E-state index in [2.05, 4.69) is 24.9 Å². The number of carbonyl (C=O) groups excluding carboxylic acids is 1. The van der Waals surface area contributed by atoms with Gasteiger partial charge in [-0.05, 0) is 54.6 Å². The molecule has 0 saturated carbocycles. The first-order valence-corrected chi connectivity index (χ1v) is 7.29. The van der Waals surface area contributed by atoms with Crippen LogP contribution in [-0.2, 0) is 4.79 Å². The fraction of sp³-hybridized carbons (Fsp3) is 0.158. The summed E-state index contributed by atoms with van der Waals surface area (Å²) < 4.78 is 0. The van der Waals surface area contributed by atoms with Crippen LogP contribution in [-0.4, -0.2) is 10.9 Å². The van der Waals surface area contributed by atoms with Crippen LogP contribution in [0.3, 0.4) is 0 Å². The number of carbonyl (C=O) groups is 1. The van der Waals surface area contributed by atoms with Crippen LogP contribution in [0.15, 0.2) is 54.9 Å². The number of pyridine rings is 1. The van der Waals surface area contributed by atoms with Gasteiger partial charge in [0.2, 0.25) is 5.91 Å². The summed E-state index contributed by atoms with van der Waals surface area (Å²) in [4.78, 5) is 18.2. The van der Waals surface area contributed by atoms with E-state index in [1.54, 1.807) is 18.0 Å². The van der Waals surface area contributed by atoms with Crippen molar-refractivity contribution in [1.29, 1.82) is 0 Å². The van der Waals surface area contributed by atoms with Gasteiger partial charge in [0.05, 0.1) is 5.69 Å². The molecule has 3 heteroatoms. The Morgan fingerprint density at radius 2 is 1.77 bits per heavy atom. The molecule has 0 aliphatic rings. The van der Waals surface area contributed by atoms with Crippen LogP contribution in [0.25, 0.3) is 10.8 Å². The first-order chi connectivity index (χ1) is 10.6. The largest absolute Gasteiger partial charge is 0.281 e. The van der Waals surface area contributed by atoms with Crippen molar-refractivity contribution in [2.45, 2.75) is 20.8 Å². The van der Waals surface area contributed by atoms with Gasteiger partial charge in [0.25, 0.3) is 0 Å². The van der Waals surface area contributed by atoms with Crippen molar-refractivity contribution in [2.24, 2.45) is 0 Å². The Bertz CT molecular complexity index is 841. The van der Waals surface area contributed by atoms with Crippen molar-refractivity contribution >= 4 is 28.1 Å². The van der Waals surface area contributed by atoms with Gasteiger partial charge < -0.3 is 0 Å². The predicted octanol–water partition coefficient (Wildman–Crippen LogP) is 4.54. The van der Waals surface area contributed by atoms with Crippen molar-refractivity contribution in [2.75, 3.05) is 4.90 Å². The third kappa shape index (κ3) is 2.35. The van der Waals surface area contributed by atoms with Crippen LogP contribution in [0.4, 0.5) is 11.4 Å². The minimum absolute atomic E-state index is 0.00195. The number of nitrogens with zero attached hydrogens (tertiary/aromatic N) is 2. The van der Waals surface area contributed by atoms with Crippen molar-refractivity contribution in [3.63, 3.8) is 0 Å². The van der Waals surface area contributed by atoms with E-state index in [-0.39, 0.29) is 5.91 Å². The second-order valence-electron chi connectivity index (χ2n) is 5.45. The van der Waals surface area contributed by atoms with E-state index in [4.69, 9.17) is 0 Å². The summed E-state index contributed by atoms with van der Waals surface area (Å²) >= 11 is 0. The molecule has 3 nitrogen and oxygen atoms in total. The lowest BCUT2D eigenvalue weighted by Crippen LogP contribution is -2.23. The SMILES string of the molecule is CC(=O)N(c1ccccc1)c1cc(C)c2cnccc2c1C. The van der Waals surface area contributed by atoms with Crippen LogP contribution < -0.4 is 4.90 Å². The molecular formula is C19H18N2O. The summed E-state index contributed by atoms with van der Waals surface area (Å²) in [5.74, 6) is 0.00195. The third-order valence-corrected chi connectivity index (χ3v) is 3.96. The Balaban J connectivity index is 2.27. The summed E-state index contributed by atoms with van der Waals surface area (Å²) in [5.41, 5.74) is 4.01. The van der Waals surface area contributed by atoms with Crippen molar-refractivity contribution in [3.05, 3.63) is 66.0 Å². The van der Waals surface area contributed by atoms with Crippen LogP contribution in [0, 0.1) is 13.8 Å². The van der Waals surface area contributed by atoms with E-state index < -0.39 is 0 Å². The van der Waals surface area contributed by atoms with Gasteiger partial charge in [-0.3, -0.25) is 14.7 Å². The summed E-state index contributed by atoms with van der Waals surface area (Å²) in [7, 11) is 0. The zero-order valence-electron chi connectivity index (χ0n) is 13.0. The molecule has 0 N–H and O–H groups in total. The molecular weight excluding hydrogens is 272 g/mol. The first-order valence-electron chi connectivity index (χ1n) is 7.29. The summed E-state index contributed by atoms with van der Waals surface area (Å²) in [6.45, 7) is 5.70. The molecule has 3 aromatic rings. The Morgan fingerprint density at radius 3 is 2.45 bits per heavy atom. The topological polar surface area (TPSA) is 33.2 Å². The van der Waals surface area contributed by atoms with E-state index >= 15 is 0 Å². The highest BCUT2D eigenvalue weighted by Gasteiger charge is 2.18. The molecule has 0 fully saturated rings. The number of aryl methyl sites for hydroxylation is 2. The Hall–Kier alpha value is -2.68. The Kier molecular flexibility index (Phi) is 3.63. The van der Waals surface area contributed by atoms with Gasteiger partial charge in [0.1, 0.15) is 0 Å². The van der Waals surface area contributed by atoms with Crippen molar-refractivity contribution in [1.82, 2.24) is 4.98 Å². The zero-order valence-corrected chi connectivity index (χ0v) is 13.0. The second-order valence-corrected chi connectivity index (χ2v) is 5.45. The van der Waals surface area contributed by atoms with Gasteiger partial charge in [-0.25, -0.2) is 0 Å². The smallest absolute Gasteiger partial charge is 0.228 e. The van der Waals surface area contributed by atoms with E-state index in [9.17, 15) is 4.79 Å². The lowest BCUT2D eigenvalue weighted by molar-refractivity contribution is -0.115. The molecule has 0 atom stereocenters. The summed E-state index contributed by atoms with van der Waals surface area (Å²) in [5, 5.41) is 2.26. The van der Waals surface area contributed by atoms with Crippen molar-refractivity contribution in [3.8, 4) is 0 Å². The van der Waals surface area contributed by atoms with Gasteiger partial charge >= 0.3 is 0 Å². The highest BCUT2D eigenvalue weighted by molar-refractivity contribution is 6.03. The predicted molar refractivity (Wildman–Crippen MR) is 90.5 cm³/mol. The molecule has 0 saturated heterocycles. The van der Waals surface area contributed by atoms with Crippen LogP contribution >= 0.6 is 0 Å². The molecule has 110 valence electrons. The molecule has 0 spiro atoms. The fourth-order valence-corrected chi connectivity index (χ4v) is 2.86. The van der Waals surface area contributed by atoms with E-state index in [0.717, 1.165) is 33.3 Å². The number of hydrogen-bond acceptors (Lipinski definition) is 2. The third-order valence-electron chi connectivity index (χ3n) is 3.96. The van der Waals surface area contributed by atoms with Crippen molar-refractivity contribution < 1.29 is 4.79 Å². The number of rotatable bonds is 2. The number of fused-ring (bicyclic) bond motifs is 1. The molecule has 0 radical (unpaired) electrons. The normalized spacial score (nSPS) is 10.7. The maximum atomic E-state index is 12.3. The molecule has 1 amide bonds. The highest BCUT2D eigenvalue weighted by Crippen LogP contribution is 2.34. The first kappa shape index (κ1) is 14.3. The molecule has 0 aliphatic heterocycles. The van der Waals surface area contributed by atoms with Gasteiger partial charge in [0.15, 0.2) is 0 Å². The van der Waals surface area contributed by atoms with Gasteiger partial charge in [0, 0.05) is 30.4 Å². The molecule has 22 heavy (non-hydrogen) atoms. The molecule has 3 rings (SSSR count). The lowest BCUT2D eigenvalue weighted by atomic mass is 10.00. The number of amides is 1.